The fraction of sp³-hybridized carbons (Fsp3) is 0.265. The number of carbonyl (C=O) groups is 6. The maximum Gasteiger partial charge on any atom is 0.258 e. The summed E-state index contributed by atoms with van der Waals surface area (Å²) in [6.07, 6.45) is 0. The zero-order valence-corrected chi connectivity index (χ0v) is 42.3. The molecular weight excluding hydrogens is 1010 g/mol. The van der Waals surface area contributed by atoms with Gasteiger partial charge in [0.1, 0.15) is 22.9 Å². The monoisotopic (exact) mass is 1050 g/mol. The molecule has 70 heavy (non-hydrogen) atoms. The van der Waals surface area contributed by atoms with Crippen LogP contribution < -0.4 is 30.7 Å². The van der Waals surface area contributed by atoms with Gasteiger partial charge < -0.3 is 30.7 Å². The quantitative estimate of drug-likeness (QED) is 0.0314. The van der Waals surface area contributed by atoms with Crippen LogP contribution in [0.15, 0.2) is 111 Å². The number of benzene rings is 5. The van der Waals surface area contributed by atoms with Gasteiger partial charge in [0.05, 0.1) is 34.0 Å². The summed E-state index contributed by atoms with van der Waals surface area (Å²) in [5, 5.41) is 26.4. The normalized spacial score (nSPS) is 13.0. The lowest BCUT2D eigenvalue weighted by atomic mass is 10.1. The molecule has 0 aromatic heterocycles. The van der Waals surface area contributed by atoms with Crippen LogP contribution in [0.4, 0.5) is 34.1 Å². The summed E-state index contributed by atoms with van der Waals surface area (Å²) >= 11 is 31.6. The van der Waals surface area contributed by atoms with Gasteiger partial charge in [0, 0.05) is 51.9 Å². The highest BCUT2D eigenvalue weighted by molar-refractivity contribution is 6.33. The number of alkyl halides is 3. The number of anilines is 4. The number of Topliss-reactive ketones (excluding diaryl/α,β-unsaturated/α-hetero) is 2. The number of ether oxygens (including phenoxy) is 2. The van der Waals surface area contributed by atoms with Crippen molar-refractivity contribution in [1.82, 2.24) is 0 Å². The van der Waals surface area contributed by atoms with Gasteiger partial charge in [0.25, 0.3) is 23.6 Å². The summed E-state index contributed by atoms with van der Waals surface area (Å²) in [6.45, 7) is 10.4. The number of azo groups is 2. The van der Waals surface area contributed by atoms with Crippen LogP contribution in [-0.4, -0.2) is 60.5 Å². The first kappa shape index (κ1) is 54.5. The number of ketones is 2. The number of rotatable bonds is 21. The van der Waals surface area contributed by atoms with Crippen molar-refractivity contribution >= 4 is 127 Å². The summed E-state index contributed by atoms with van der Waals surface area (Å²) in [6, 6.07) is 19.8. The number of halogens is 5. The minimum Gasteiger partial charge on any atom is -0.494 e. The van der Waals surface area contributed by atoms with E-state index in [1.165, 1.54) is 54.6 Å². The Kier molecular flexibility index (Phi) is 19.8. The van der Waals surface area contributed by atoms with Gasteiger partial charge in [0.15, 0.2) is 11.6 Å². The number of carbonyl (C=O) groups excluding carboxylic acids is 6. The zero-order valence-electron chi connectivity index (χ0n) is 38.5. The second kappa shape index (κ2) is 25.4. The summed E-state index contributed by atoms with van der Waals surface area (Å²) in [7, 11) is 0. The lowest BCUT2D eigenvalue weighted by Crippen LogP contribution is -2.32. The molecule has 0 saturated carbocycles. The minimum absolute atomic E-state index is 0.00722. The Morgan fingerprint density at radius 2 is 1.00 bits per heavy atom. The Morgan fingerprint density at radius 3 is 1.40 bits per heavy atom. The van der Waals surface area contributed by atoms with Crippen LogP contribution in [0.25, 0.3) is 0 Å². The summed E-state index contributed by atoms with van der Waals surface area (Å²) < 4.78 is 11.2. The zero-order chi connectivity index (χ0) is 51.2. The van der Waals surface area contributed by atoms with Crippen molar-refractivity contribution in [1.29, 1.82) is 0 Å². The van der Waals surface area contributed by atoms with Crippen molar-refractivity contribution in [3.8, 4) is 11.5 Å². The highest BCUT2D eigenvalue weighted by Crippen LogP contribution is 2.33. The minimum atomic E-state index is -1.65. The van der Waals surface area contributed by atoms with E-state index in [9.17, 15) is 28.8 Å². The van der Waals surface area contributed by atoms with Crippen LogP contribution in [0.1, 0.15) is 89.7 Å². The van der Waals surface area contributed by atoms with E-state index in [1.807, 2.05) is 13.8 Å². The first-order chi connectivity index (χ1) is 33.3. The van der Waals surface area contributed by atoms with Gasteiger partial charge in [-0.15, -0.1) is 34.8 Å². The molecular formula is C49H47Cl5N8O8. The van der Waals surface area contributed by atoms with E-state index < -0.39 is 47.3 Å². The van der Waals surface area contributed by atoms with Gasteiger partial charge in [-0.3, -0.25) is 28.8 Å². The van der Waals surface area contributed by atoms with Gasteiger partial charge in [-0.25, -0.2) is 0 Å². The van der Waals surface area contributed by atoms with Crippen molar-refractivity contribution in [3.05, 3.63) is 129 Å². The number of amides is 4. The average molecular weight is 1050 g/mol. The molecule has 0 saturated heterocycles. The Labute approximate surface area is 428 Å². The van der Waals surface area contributed by atoms with Crippen LogP contribution in [0.3, 0.4) is 0 Å². The standard InChI is InChI=1S/C49H47Cl5N8O8/c1-7-69-37-18-31(25(3)51)15-35(22-37)56-46(65)29-9-12-39(53)42(20-29)59-61-44(27(5)63)48(67)55-34-11-14-41(33(17-34)24-50)58-49(68)45(28(6)64)62-60-43-21-30(10-13-40(43)54)47(66)57-36-16-32(26(4)52)19-38(23-36)70-8-2/h9-23,25-26,44-45H,7-8,24H2,1-6H3,(H,55,67)(H,56,65)(H,57,66)(H,58,68). The van der Waals surface area contributed by atoms with Crippen molar-refractivity contribution in [2.75, 3.05) is 34.5 Å². The molecule has 5 aromatic carbocycles. The highest BCUT2D eigenvalue weighted by Gasteiger charge is 2.26. The molecule has 0 bridgehead atoms. The van der Waals surface area contributed by atoms with E-state index >= 15 is 0 Å². The van der Waals surface area contributed by atoms with E-state index in [0.29, 0.717) is 41.7 Å². The van der Waals surface area contributed by atoms with Gasteiger partial charge in [-0.2, -0.15) is 20.5 Å². The smallest absolute Gasteiger partial charge is 0.258 e. The van der Waals surface area contributed by atoms with Gasteiger partial charge >= 0.3 is 0 Å². The van der Waals surface area contributed by atoms with Gasteiger partial charge in [0.2, 0.25) is 12.1 Å². The summed E-state index contributed by atoms with van der Waals surface area (Å²) in [4.78, 5) is 78.9. The molecule has 0 heterocycles. The maximum absolute atomic E-state index is 13.5. The lowest BCUT2D eigenvalue weighted by Gasteiger charge is -2.15. The fourth-order valence-electron chi connectivity index (χ4n) is 6.41. The van der Waals surface area contributed by atoms with E-state index in [2.05, 4.69) is 41.7 Å². The lowest BCUT2D eigenvalue weighted by molar-refractivity contribution is -0.127. The molecule has 5 rings (SSSR count). The van der Waals surface area contributed by atoms with Crippen molar-refractivity contribution in [2.45, 2.75) is 70.3 Å². The van der Waals surface area contributed by atoms with E-state index in [-0.39, 0.29) is 60.6 Å². The molecule has 0 fully saturated rings. The average Bonchev–Trinajstić information content (AvgIpc) is 3.30. The molecule has 16 nitrogen and oxygen atoms in total. The third kappa shape index (κ3) is 15.0. The predicted octanol–water partition coefficient (Wildman–Crippen LogP) is 13.0. The molecule has 0 aliphatic rings. The topological polar surface area (TPSA) is 218 Å². The molecule has 4 unspecified atom stereocenters. The summed E-state index contributed by atoms with van der Waals surface area (Å²) in [5.41, 5.74) is 3.32. The fourth-order valence-corrected chi connectivity index (χ4v) is 7.19. The first-order valence-corrected chi connectivity index (χ1v) is 23.7. The Balaban J connectivity index is 1.26. The Morgan fingerprint density at radius 1 is 0.557 bits per heavy atom. The second-order valence-electron chi connectivity index (χ2n) is 15.4. The predicted molar refractivity (Wildman–Crippen MR) is 274 cm³/mol. The van der Waals surface area contributed by atoms with Crippen molar-refractivity contribution < 1.29 is 38.2 Å². The molecule has 0 spiro atoms. The van der Waals surface area contributed by atoms with Crippen LogP contribution in [0.2, 0.25) is 10.0 Å². The van der Waals surface area contributed by atoms with Crippen LogP contribution in [0, 0.1) is 0 Å². The first-order valence-electron chi connectivity index (χ1n) is 21.5. The van der Waals surface area contributed by atoms with E-state index in [0.717, 1.165) is 25.0 Å². The van der Waals surface area contributed by atoms with Crippen molar-refractivity contribution in [2.24, 2.45) is 20.5 Å². The summed E-state index contributed by atoms with van der Waals surface area (Å²) in [5.74, 6) is -3.20. The third-order valence-corrected chi connectivity index (χ3v) is 11.4. The maximum atomic E-state index is 13.5. The Bertz CT molecular complexity index is 2860. The largest absolute Gasteiger partial charge is 0.494 e. The number of hydrogen-bond donors (Lipinski definition) is 4. The molecule has 4 N–H and O–H groups in total. The number of nitrogens with zero attached hydrogens (tertiary/aromatic N) is 4. The molecule has 4 atom stereocenters. The van der Waals surface area contributed by atoms with Crippen LogP contribution >= 0.6 is 58.0 Å². The number of nitrogens with one attached hydrogen (secondary N) is 4. The SMILES string of the molecule is CCOc1cc(NC(=O)c2ccc(Cl)c(N=NC(C(C)=O)C(=O)Nc3ccc(NC(=O)C(N=Nc4cc(C(=O)Nc5cc(OCC)cc(C(C)Cl)c5)ccc4Cl)C(C)=O)c(CCl)c3)c2)cc(C(C)Cl)c1. The molecule has 0 radical (unpaired) electrons. The van der Waals surface area contributed by atoms with Gasteiger partial charge in [-0.1, -0.05) is 23.2 Å². The molecule has 0 aliphatic carbocycles. The third-order valence-electron chi connectivity index (χ3n) is 9.93. The highest BCUT2D eigenvalue weighted by atomic mass is 35.5. The molecule has 21 heteroatoms. The van der Waals surface area contributed by atoms with Crippen LogP contribution in [-0.2, 0) is 25.1 Å². The number of hydrogen-bond acceptors (Lipinski definition) is 12. The van der Waals surface area contributed by atoms with E-state index in [1.54, 1.807) is 50.2 Å². The van der Waals surface area contributed by atoms with Crippen LogP contribution in [0.5, 0.6) is 11.5 Å². The Hall–Kier alpha value is -6.43. The molecule has 5 aromatic rings. The molecule has 4 amide bonds. The van der Waals surface area contributed by atoms with E-state index in [4.69, 9.17) is 67.5 Å². The second-order valence-corrected chi connectivity index (χ2v) is 17.8. The van der Waals surface area contributed by atoms with Crippen molar-refractivity contribution in [3.63, 3.8) is 0 Å². The molecule has 0 aliphatic heterocycles. The van der Waals surface area contributed by atoms with Gasteiger partial charge in [-0.05, 0) is 137 Å². The molecule has 366 valence electrons.